The van der Waals surface area contributed by atoms with Crippen molar-refractivity contribution in [2.45, 2.75) is 25.4 Å². The van der Waals surface area contributed by atoms with Crippen LogP contribution in [0.15, 0.2) is 23.3 Å². The van der Waals surface area contributed by atoms with Crippen LogP contribution in [0.5, 0.6) is 5.88 Å². The second-order valence-electron chi connectivity index (χ2n) is 6.03. The number of hydrogen-bond acceptors (Lipinski definition) is 4. The molecule has 1 aromatic rings. The number of nitrogens with one attached hydrogen (secondary N) is 2. The summed E-state index contributed by atoms with van der Waals surface area (Å²) in [5.41, 5.74) is -0.871. The highest BCUT2D eigenvalue weighted by molar-refractivity contribution is 14.0. The van der Waals surface area contributed by atoms with Crippen LogP contribution in [-0.2, 0) is 6.18 Å². The van der Waals surface area contributed by atoms with Crippen LogP contribution in [0.4, 0.5) is 13.2 Å². The SMILES string of the molecule is CN=C(NCCOc1ncccc1C(F)(F)F)NCCN1CCCCC1.I. The van der Waals surface area contributed by atoms with E-state index < -0.39 is 17.6 Å². The molecule has 2 heterocycles. The lowest BCUT2D eigenvalue weighted by Gasteiger charge is -2.26. The Hall–Kier alpha value is -1.30. The number of piperidine rings is 1. The van der Waals surface area contributed by atoms with Gasteiger partial charge in [-0.25, -0.2) is 4.98 Å². The topological polar surface area (TPSA) is 61.8 Å². The molecule has 0 amide bonds. The summed E-state index contributed by atoms with van der Waals surface area (Å²) < 4.78 is 43.8. The van der Waals surface area contributed by atoms with Crippen molar-refractivity contribution >= 4 is 29.9 Å². The highest BCUT2D eigenvalue weighted by atomic mass is 127. The molecule has 0 atom stereocenters. The lowest BCUT2D eigenvalue weighted by molar-refractivity contribution is -0.139. The van der Waals surface area contributed by atoms with E-state index in [1.807, 2.05) is 0 Å². The van der Waals surface area contributed by atoms with Crippen molar-refractivity contribution in [1.29, 1.82) is 0 Å². The smallest absolute Gasteiger partial charge is 0.421 e. The zero-order valence-corrected chi connectivity index (χ0v) is 17.7. The van der Waals surface area contributed by atoms with Crippen LogP contribution in [0.1, 0.15) is 24.8 Å². The van der Waals surface area contributed by atoms with Gasteiger partial charge in [-0.15, -0.1) is 24.0 Å². The van der Waals surface area contributed by atoms with E-state index in [1.54, 1.807) is 7.05 Å². The predicted octanol–water partition coefficient (Wildman–Crippen LogP) is 2.75. The molecule has 27 heavy (non-hydrogen) atoms. The molecule has 10 heteroatoms. The second-order valence-corrected chi connectivity index (χ2v) is 6.03. The molecule has 1 aliphatic rings. The van der Waals surface area contributed by atoms with Gasteiger partial charge < -0.3 is 20.3 Å². The van der Waals surface area contributed by atoms with Crippen LogP contribution in [0, 0.1) is 0 Å². The minimum absolute atomic E-state index is 0. The molecule has 1 aliphatic heterocycles. The van der Waals surface area contributed by atoms with Gasteiger partial charge in [0.1, 0.15) is 12.2 Å². The number of pyridine rings is 1. The summed E-state index contributed by atoms with van der Waals surface area (Å²) in [7, 11) is 1.65. The highest BCUT2D eigenvalue weighted by Gasteiger charge is 2.34. The van der Waals surface area contributed by atoms with Crippen LogP contribution in [-0.4, -0.2) is 62.2 Å². The van der Waals surface area contributed by atoms with Crippen LogP contribution >= 0.6 is 24.0 Å². The second kappa shape index (κ2) is 12.2. The molecule has 0 saturated carbocycles. The van der Waals surface area contributed by atoms with E-state index in [-0.39, 0.29) is 30.6 Å². The van der Waals surface area contributed by atoms with E-state index in [2.05, 4.69) is 25.5 Å². The summed E-state index contributed by atoms with van der Waals surface area (Å²) in [5, 5.41) is 6.22. The third-order valence-corrected chi connectivity index (χ3v) is 4.10. The number of nitrogens with zero attached hydrogens (tertiary/aromatic N) is 3. The van der Waals surface area contributed by atoms with Crippen LogP contribution < -0.4 is 15.4 Å². The zero-order chi connectivity index (χ0) is 18.8. The number of alkyl halides is 3. The van der Waals surface area contributed by atoms with E-state index in [0.29, 0.717) is 12.5 Å². The molecule has 1 fully saturated rings. The van der Waals surface area contributed by atoms with Gasteiger partial charge >= 0.3 is 6.18 Å². The minimum atomic E-state index is -4.48. The lowest BCUT2D eigenvalue weighted by Crippen LogP contribution is -2.43. The van der Waals surface area contributed by atoms with Gasteiger partial charge in [-0.05, 0) is 38.1 Å². The van der Waals surface area contributed by atoms with Gasteiger partial charge in [0.15, 0.2) is 5.96 Å². The number of likely N-dealkylation sites (tertiary alicyclic amines) is 1. The molecule has 1 aromatic heterocycles. The predicted molar refractivity (Wildman–Crippen MR) is 110 cm³/mol. The first-order valence-electron chi connectivity index (χ1n) is 8.82. The van der Waals surface area contributed by atoms with Crippen molar-refractivity contribution in [3.05, 3.63) is 23.9 Å². The first kappa shape index (κ1) is 23.7. The fraction of sp³-hybridized carbons (Fsp3) is 0.647. The monoisotopic (exact) mass is 501 g/mol. The molecule has 0 radical (unpaired) electrons. The largest absolute Gasteiger partial charge is 0.475 e. The fourth-order valence-electron chi connectivity index (χ4n) is 2.77. The van der Waals surface area contributed by atoms with Gasteiger partial charge in [-0.2, -0.15) is 13.2 Å². The maximum absolute atomic E-state index is 12.9. The number of aromatic nitrogens is 1. The molecule has 0 spiro atoms. The van der Waals surface area contributed by atoms with Gasteiger partial charge in [-0.3, -0.25) is 4.99 Å². The fourth-order valence-corrected chi connectivity index (χ4v) is 2.77. The summed E-state index contributed by atoms with van der Waals surface area (Å²) in [6, 6.07) is 2.19. The van der Waals surface area contributed by atoms with Gasteiger partial charge in [0.2, 0.25) is 5.88 Å². The van der Waals surface area contributed by atoms with Gasteiger partial charge in [0.05, 0.1) is 6.54 Å². The average Bonchev–Trinajstić information content (AvgIpc) is 2.64. The standard InChI is InChI=1S/C17H26F3N5O.HI/c1-21-16(23-8-12-25-10-3-2-4-11-25)24-9-13-26-15-14(17(18,19)20)6-5-7-22-15;/h5-7H,2-4,8-13H2,1H3,(H2,21,23,24);1H. The van der Waals surface area contributed by atoms with Crippen LogP contribution in [0.25, 0.3) is 0 Å². The molecule has 2 N–H and O–H groups in total. The third kappa shape index (κ3) is 8.50. The quantitative estimate of drug-likeness (QED) is 0.261. The number of ether oxygens (including phenoxy) is 1. The molecule has 0 unspecified atom stereocenters. The normalized spacial score (nSPS) is 15.8. The zero-order valence-electron chi connectivity index (χ0n) is 15.4. The molecule has 0 aliphatic carbocycles. The molecule has 0 bridgehead atoms. The Bertz CT molecular complexity index is 580. The van der Waals surface area contributed by atoms with Gasteiger partial charge in [0, 0.05) is 26.3 Å². The van der Waals surface area contributed by atoms with Crippen LogP contribution in [0.3, 0.4) is 0 Å². The van der Waals surface area contributed by atoms with Crippen molar-refractivity contribution in [2.75, 3.05) is 46.4 Å². The van der Waals surface area contributed by atoms with Crippen molar-refractivity contribution < 1.29 is 17.9 Å². The highest BCUT2D eigenvalue weighted by Crippen LogP contribution is 2.34. The van der Waals surface area contributed by atoms with Crippen molar-refractivity contribution in [2.24, 2.45) is 4.99 Å². The van der Waals surface area contributed by atoms with E-state index >= 15 is 0 Å². The number of hydrogen-bond donors (Lipinski definition) is 2. The maximum atomic E-state index is 12.9. The Balaban J connectivity index is 0.00000364. The molecule has 1 saturated heterocycles. The first-order chi connectivity index (χ1) is 12.5. The maximum Gasteiger partial charge on any atom is 0.421 e. The summed E-state index contributed by atoms with van der Waals surface area (Å²) in [6.45, 7) is 4.34. The van der Waals surface area contributed by atoms with Crippen molar-refractivity contribution in [3.8, 4) is 5.88 Å². The minimum Gasteiger partial charge on any atom is -0.475 e. The summed E-state index contributed by atoms with van der Waals surface area (Å²) in [5.74, 6) is 0.192. The summed E-state index contributed by atoms with van der Waals surface area (Å²) in [4.78, 5) is 10.2. The Kier molecular flexibility index (Phi) is 10.7. The third-order valence-electron chi connectivity index (χ3n) is 4.10. The molecule has 6 nitrogen and oxygen atoms in total. The Morgan fingerprint density at radius 3 is 2.59 bits per heavy atom. The molecular formula is C17H27F3IN5O. The van der Waals surface area contributed by atoms with Crippen molar-refractivity contribution in [1.82, 2.24) is 20.5 Å². The molecule has 154 valence electrons. The Morgan fingerprint density at radius 1 is 1.22 bits per heavy atom. The number of guanidine groups is 1. The van der Waals surface area contributed by atoms with Gasteiger partial charge in [-0.1, -0.05) is 6.42 Å². The Morgan fingerprint density at radius 2 is 1.93 bits per heavy atom. The van der Waals surface area contributed by atoms with E-state index in [4.69, 9.17) is 4.74 Å². The lowest BCUT2D eigenvalue weighted by atomic mass is 10.1. The van der Waals surface area contributed by atoms with Crippen LogP contribution in [0.2, 0.25) is 0 Å². The van der Waals surface area contributed by atoms with E-state index in [1.165, 1.54) is 31.5 Å². The number of halogens is 4. The number of aliphatic imine (C=N–C) groups is 1. The molecular weight excluding hydrogens is 474 g/mol. The first-order valence-corrected chi connectivity index (χ1v) is 8.82. The molecule has 0 aromatic carbocycles. The molecule has 2 rings (SSSR count). The van der Waals surface area contributed by atoms with Gasteiger partial charge in [0.25, 0.3) is 0 Å². The van der Waals surface area contributed by atoms with Crippen molar-refractivity contribution in [3.63, 3.8) is 0 Å². The van der Waals surface area contributed by atoms with E-state index in [0.717, 1.165) is 32.2 Å². The summed E-state index contributed by atoms with van der Waals surface area (Å²) >= 11 is 0. The summed E-state index contributed by atoms with van der Waals surface area (Å²) in [6.07, 6.45) is 0.594. The van der Waals surface area contributed by atoms with E-state index in [9.17, 15) is 13.2 Å². The number of rotatable bonds is 7. The Labute approximate surface area is 175 Å². The average molecular weight is 501 g/mol.